The van der Waals surface area contributed by atoms with Crippen molar-refractivity contribution in [2.75, 3.05) is 6.61 Å². The van der Waals surface area contributed by atoms with Crippen LogP contribution in [-0.4, -0.2) is 26.3 Å². The Kier molecular flexibility index (Phi) is 5.85. The first kappa shape index (κ1) is 20.0. The van der Waals surface area contributed by atoms with Crippen LogP contribution in [0.2, 0.25) is 0 Å². The molecular weight excluding hydrogens is 386 g/mol. The molecule has 2 aromatic heterocycles. The second-order valence-electron chi connectivity index (χ2n) is 8.56. The van der Waals surface area contributed by atoms with Gasteiger partial charge < -0.3 is 9.84 Å². The minimum absolute atomic E-state index is 0.0434. The van der Waals surface area contributed by atoms with E-state index in [2.05, 4.69) is 40.4 Å². The summed E-state index contributed by atoms with van der Waals surface area (Å²) in [6, 6.07) is 8.34. The summed E-state index contributed by atoms with van der Waals surface area (Å²) in [5.41, 5.74) is 6.35. The molecule has 2 aliphatic carbocycles. The van der Waals surface area contributed by atoms with E-state index in [0.29, 0.717) is 12.5 Å². The molecule has 5 rings (SSSR count). The molecule has 0 aliphatic heterocycles. The van der Waals surface area contributed by atoms with Crippen molar-refractivity contribution in [1.82, 2.24) is 14.6 Å². The van der Waals surface area contributed by atoms with Gasteiger partial charge in [-0.05, 0) is 49.0 Å². The van der Waals surface area contributed by atoms with Gasteiger partial charge in [-0.15, -0.1) is 0 Å². The minimum Gasteiger partial charge on any atom is -0.489 e. The molecule has 2 aliphatic rings. The number of rotatable bonds is 6. The van der Waals surface area contributed by atoms with Gasteiger partial charge in [-0.1, -0.05) is 49.6 Å². The molecular formula is C26H29N3O2. The molecule has 0 unspecified atom stereocenters. The fourth-order valence-electron chi connectivity index (χ4n) is 4.78. The molecule has 0 bridgehead atoms. The van der Waals surface area contributed by atoms with Crippen LogP contribution in [0.15, 0.2) is 60.5 Å². The molecule has 31 heavy (non-hydrogen) atoms. The second kappa shape index (κ2) is 9.06. The third-order valence-electron chi connectivity index (χ3n) is 6.49. The summed E-state index contributed by atoms with van der Waals surface area (Å²) in [6.45, 7) is 0.597. The number of hydrogen-bond donors (Lipinski definition) is 1. The fraction of sp³-hybridized carbons (Fsp3) is 0.385. The van der Waals surface area contributed by atoms with Crippen molar-refractivity contribution >= 4 is 5.65 Å². The number of hydrogen-bond acceptors (Lipinski definition) is 4. The quantitative estimate of drug-likeness (QED) is 0.570. The zero-order chi connectivity index (χ0) is 21.0. The maximum absolute atomic E-state index is 9.67. The first-order valence-corrected chi connectivity index (χ1v) is 11.4. The molecule has 1 saturated carbocycles. The molecule has 3 aromatic rings. The molecule has 0 radical (unpaired) electrons. The van der Waals surface area contributed by atoms with Crippen molar-refractivity contribution in [2.45, 2.75) is 57.5 Å². The van der Waals surface area contributed by atoms with Crippen LogP contribution in [0, 0.1) is 0 Å². The van der Waals surface area contributed by atoms with Gasteiger partial charge in [-0.2, -0.15) is 5.10 Å². The van der Waals surface area contributed by atoms with Crippen molar-refractivity contribution in [1.29, 1.82) is 0 Å². The second-order valence-corrected chi connectivity index (χ2v) is 8.56. The van der Waals surface area contributed by atoms with Crippen LogP contribution in [0.4, 0.5) is 0 Å². The Balaban J connectivity index is 1.46. The van der Waals surface area contributed by atoms with Crippen LogP contribution in [-0.2, 0) is 6.61 Å². The number of aliphatic hydroxyl groups excluding tert-OH is 1. The lowest BCUT2D eigenvalue weighted by molar-refractivity contribution is 0.283. The van der Waals surface area contributed by atoms with E-state index in [9.17, 15) is 5.11 Å². The molecule has 0 atom stereocenters. The van der Waals surface area contributed by atoms with Crippen LogP contribution >= 0.6 is 0 Å². The number of fused-ring (bicyclic) bond motifs is 1. The normalized spacial score (nSPS) is 17.1. The Labute approximate surface area is 183 Å². The standard InChI is InChI=1S/C26H29N3O2/c30-17-22-15-28-29-25(21-9-5-2-6-10-21)24(16-27-26(22)29)20-11-13-23(14-12-20)31-18-19-7-3-1-4-8-19/h1,3,7,11-16,21,30H,2,4-6,8-10,17-18H2. The van der Waals surface area contributed by atoms with E-state index >= 15 is 0 Å². The monoisotopic (exact) mass is 415 g/mol. The lowest BCUT2D eigenvalue weighted by Crippen LogP contribution is -2.13. The van der Waals surface area contributed by atoms with Crippen LogP contribution < -0.4 is 4.74 Å². The fourth-order valence-corrected chi connectivity index (χ4v) is 4.78. The molecule has 1 N–H and O–H groups in total. The molecule has 1 aromatic carbocycles. The predicted molar refractivity (Wildman–Crippen MR) is 122 cm³/mol. The van der Waals surface area contributed by atoms with Crippen molar-refractivity contribution in [2.24, 2.45) is 0 Å². The smallest absolute Gasteiger partial charge is 0.160 e. The van der Waals surface area contributed by atoms with E-state index < -0.39 is 0 Å². The average molecular weight is 416 g/mol. The van der Waals surface area contributed by atoms with Gasteiger partial charge in [0.15, 0.2) is 5.65 Å². The van der Waals surface area contributed by atoms with E-state index in [1.165, 1.54) is 43.4 Å². The first-order valence-electron chi connectivity index (χ1n) is 11.4. The van der Waals surface area contributed by atoms with Gasteiger partial charge in [-0.3, -0.25) is 0 Å². The molecule has 2 heterocycles. The van der Waals surface area contributed by atoms with Crippen LogP contribution in [0.3, 0.4) is 0 Å². The van der Waals surface area contributed by atoms with Crippen LogP contribution in [0.5, 0.6) is 5.75 Å². The van der Waals surface area contributed by atoms with Gasteiger partial charge >= 0.3 is 0 Å². The molecule has 160 valence electrons. The highest BCUT2D eigenvalue weighted by molar-refractivity contribution is 5.68. The van der Waals surface area contributed by atoms with Crippen molar-refractivity contribution < 1.29 is 9.84 Å². The van der Waals surface area contributed by atoms with Gasteiger partial charge in [0, 0.05) is 23.2 Å². The van der Waals surface area contributed by atoms with E-state index in [4.69, 9.17) is 4.74 Å². The molecule has 0 spiro atoms. The number of aromatic nitrogens is 3. The van der Waals surface area contributed by atoms with Crippen molar-refractivity contribution in [3.05, 3.63) is 71.7 Å². The molecule has 0 amide bonds. The number of ether oxygens (including phenoxy) is 1. The summed E-state index contributed by atoms with van der Waals surface area (Å²) in [5, 5.41) is 14.3. The van der Waals surface area contributed by atoms with E-state index in [0.717, 1.165) is 40.9 Å². The van der Waals surface area contributed by atoms with Gasteiger partial charge in [-0.25, -0.2) is 9.50 Å². The summed E-state index contributed by atoms with van der Waals surface area (Å²) in [6.07, 6.45) is 18.5. The summed E-state index contributed by atoms with van der Waals surface area (Å²) in [4.78, 5) is 4.66. The zero-order valence-corrected chi connectivity index (χ0v) is 17.8. The Hall–Kier alpha value is -2.92. The lowest BCUT2D eigenvalue weighted by atomic mass is 9.84. The average Bonchev–Trinajstić information content (AvgIpc) is 3.27. The summed E-state index contributed by atoms with van der Waals surface area (Å²) in [7, 11) is 0. The Morgan fingerprint density at radius 3 is 2.65 bits per heavy atom. The Morgan fingerprint density at radius 2 is 1.90 bits per heavy atom. The van der Waals surface area contributed by atoms with Crippen LogP contribution in [0.1, 0.15) is 62.1 Å². The summed E-state index contributed by atoms with van der Waals surface area (Å²) >= 11 is 0. The highest BCUT2D eigenvalue weighted by Gasteiger charge is 2.24. The number of benzene rings is 1. The van der Waals surface area contributed by atoms with Gasteiger partial charge in [0.05, 0.1) is 18.5 Å². The predicted octanol–water partition coefficient (Wildman–Crippen LogP) is 5.59. The van der Waals surface area contributed by atoms with Crippen molar-refractivity contribution in [3.8, 4) is 16.9 Å². The van der Waals surface area contributed by atoms with Crippen LogP contribution in [0.25, 0.3) is 16.8 Å². The highest BCUT2D eigenvalue weighted by Crippen LogP contribution is 2.38. The lowest BCUT2D eigenvalue weighted by Gasteiger charge is -2.25. The molecule has 1 fully saturated rings. The maximum Gasteiger partial charge on any atom is 0.160 e. The largest absolute Gasteiger partial charge is 0.489 e. The van der Waals surface area contributed by atoms with E-state index in [1.807, 2.05) is 22.8 Å². The number of aliphatic hydroxyl groups is 1. The number of nitrogens with zero attached hydrogens (tertiary/aromatic N) is 3. The Morgan fingerprint density at radius 1 is 1.06 bits per heavy atom. The van der Waals surface area contributed by atoms with Gasteiger partial charge in [0.1, 0.15) is 12.4 Å². The maximum atomic E-state index is 9.67. The molecule has 5 nitrogen and oxygen atoms in total. The van der Waals surface area contributed by atoms with Gasteiger partial charge in [0.2, 0.25) is 0 Å². The van der Waals surface area contributed by atoms with Crippen molar-refractivity contribution in [3.63, 3.8) is 0 Å². The molecule has 5 heteroatoms. The first-order chi connectivity index (χ1) is 15.3. The summed E-state index contributed by atoms with van der Waals surface area (Å²) in [5.74, 6) is 1.34. The summed E-state index contributed by atoms with van der Waals surface area (Å²) < 4.78 is 7.97. The minimum atomic E-state index is -0.0434. The topological polar surface area (TPSA) is 59.7 Å². The Bertz CT molecular complexity index is 1110. The highest BCUT2D eigenvalue weighted by atomic mass is 16.5. The van der Waals surface area contributed by atoms with Gasteiger partial charge in [0.25, 0.3) is 0 Å². The van der Waals surface area contributed by atoms with E-state index in [-0.39, 0.29) is 6.61 Å². The molecule has 0 saturated heterocycles. The number of allylic oxidation sites excluding steroid dienone is 3. The van der Waals surface area contributed by atoms with E-state index in [1.54, 1.807) is 6.20 Å². The third kappa shape index (κ3) is 4.15. The SMILES string of the molecule is OCc1cnn2c(C3CCCCC3)c(-c3ccc(OCC4=CC=CCC4)cc3)cnc12. The zero-order valence-electron chi connectivity index (χ0n) is 17.8. The third-order valence-corrected chi connectivity index (χ3v) is 6.49.